The third-order valence-electron chi connectivity index (χ3n) is 4.50. The van der Waals surface area contributed by atoms with E-state index < -0.39 is 5.41 Å². The monoisotopic (exact) mass is 368 g/mol. The predicted octanol–water partition coefficient (Wildman–Crippen LogP) is 3.00. The van der Waals surface area contributed by atoms with Crippen molar-refractivity contribution in [1.82, 2.24) is 10.6 Å². The Morgan fingerprint density at radius 3 is 2.33 bits per heavy atom. The summed E-state index contributed by atoms with van der Waals surface area (Å²) in [5, 5.41) is 5.71. The minimum Gasteiger partial charge on any atom is -0.497 e. The van der Waals surface area contributed by atoms with Crippen molar-refractivity contribution in [3.05, 3.63) is 65.2 Å². The molecular formula is C22H28N2O3. The minimum absolute atomic E-state index is 0.285. The largest absolute Gasteiger partial charge is 0.497 e. The molecule has 5 nitrogen and oxygen atoms in total. The van der Waals surface area contributed by atoms with Crippen LogP contribution in [0.3, 0.4) is 0 Å². The van der Waals surface area contributed by atoms with Crippen LogP contribution in [0.25, 0.3) is 0 Å². The van der Waals surface area contributed by atoms with E-state index in [2.05, 4.69) is 10.6 Å². The molecule has 2 aromatic rings. The van der Waals surface area contributed by atoms with E-state index in [0.29, 0.717) is 19.5 Å². The van der Waals surface area contributed by atoms with Crippen LogP contribution in [0.2, 0.25) is 0 Å². The predicted molar refractivity (Wildman–Crippen MR) is 107 cm³/mol. The van der Waals surface area contributed by atoms with Gasteiger partial charge in [0.15, 0.2) is 0 Å². The second-order valence-corrected chi connectivity index (χ2v) is 7.15. The van der Waals surface area contributed by atoms with Crippen molar-refractivity contribution in [2.24, 2.45) is 5.41 Å². The summed E-state index contributed by atoms with van der Waals surface area (Å²) in [6, 6.07) is 15.6. The van der Waals surface area contributed by atoms with Gasteiger partial charge in [-0.15, -0.1) is 0 Å². The Morgan fingerprint density at radius 1 is 0.963 bits per heavy atom. The summed E-state index contributed by atoms with van der Waals surface area (Å²) >= 11 is 0. The maximum atomic E-state index is 12.5. The fourth-order valence-electron chi connectivity index (χ4n) is 2.70. The van der Waals surface area contributed by atoms with Crippen LogP contribution in [0, 0.1) is 12.3 Å². The molecule has 0 fully saturated rings. The highest BCUT2D eigenvalue weighted by Crippen LogP contribution is 2.17. The Bertz CT molecular complexity index is 800. The van der Waals surface area contributed by atoms with Crippen LogP contribution >= 0.6 is 0 Å². The van der Waals surface area contributed by atoms with Crippen LogP contribution in [0.15, 0.2) is 48.5 Å². The first kappa shape index (κ1) is 20.5. The first-order valence-electron chi connectivity index (χ1n) is 9.08. The molecule has 0 saturated carbocycles. The molecule has 2 rings (SSSR count). The first-order valence-corrected chi connectivity index (χ1v) is 9.08. The third-order valence-corrected chi connectivity index (χ3v) is 4.50. The number of methoxy groups -OCH3 is 1. The smallest absolute Gasteiger partial charge is 0.235 e. The van der Waals surface area contributed by atoms with E-state index in [0.717, 1.165) is 22.4 Å². The quantitative estimate of drug-likeness (QED) is 0.704. The van der Waals surface area contributed by atoms with Crippen LogP contribution in [0.5, 0.6) is 5.75 Å². The van der Waals surface area contributed by atoms with Gasteiger partial charge >= 0.3 is 0 Å². The van der Waals surface area contributed by atoms with E-state index >= 15 is 0 Å². The van der Waals surface area contributed by atoms with Gasteiger partial charge in [-0.1, -0.05) is 42.0 Å². The van der Waals surface area contributed by atoms with Crippen molar-refractivity contribution >= 4 is 11.8 Å². The number of ether oxygens (including phenoxy) is 1. The van der Waals surface area contributed by atoms with Crippen molar-refractivity contribution in [3.63, 3.8) is 0 Å². The van der Waals surface area contributed by atoms with E-state index in [1.165, 1.54) is 0 Å². The molecule has 0 saturated heterocycles. The molecule has 0 aliphatic carbocycles. The fraction of sp³-hybridized carbons (Fsp3) is 0.364. The van der Waals surface area contributed by atoms with E-state index in [1.54, 1.807) is 21.0 Å². The lowest BCUT2D eigenvalue weighted by atomic mass is 9.91. The van der Waals surface area contributed by atoms with Gasteiger partial charge in [0.05, 0.1) is 7.11 Å². The van der Waals surface area contributed by atoms with Gasteiger partial charge in [0.25, 0.3) is 0 Å². The average Bonchev–Trinajstić information content (AvgIpc) is 2.66. The second-order valence-electron chi connectivity index (χ2n) is 7.15. The van der Waals surface area contributed by atoms with Gasteiger partial charge in [-0.2, -0.15) is 0 Å². The third kappa shape index (κ3) is 5.84. The summed E-state index contributed by atoms with van der Waals surface area (Å²) in [5.41, 5.74) is 2.07. The van der Waals surface area contributed by atoms with Crippen molar-refractivity contribution < 1.29 is 14.3 Å². The Labute approximate surface area is 161 Å². The molecule has 0 aliphatic rings. The Balaban J connectivity index is 1.84. The lowest BCUT2D eigenvalue weighted by molar-refractivity contribution is -0.141. The molecule has 2 amide bonds. The first-order chi connectivity index (χ1) is 12.8. The summed E-state index contributed by atoms with van der Waals surface area (Å²) in [7, 11) is 1.62. The van der Waals surface area contributed by atoms with Crippen LogP contribution in [-0.4, -0.2) is 25.5 Å². The Kier molecular flexibility index (Phi) is 6.99. The number of amides is 2. The van der Waals surface area contributed by atoms with Crippen molar-refractivity contribution in [1.29, 1.82) is 0 Å². The van der Waals surface area contributed by atoms with E-state index in [4.69, 9.17) is 4.74 Å². The summed E-state index contributed by atoms with van der Waals surface area (Å²) in [4.78, 5) is 25.0. The minimum atomic E-state index is -1.14. The van der Waals surface area contributed by atoms with E-state index in [-0.39, 0.29) is 11.8 Å². The summed E-state index contributed by atoms with van der Waals surface area (Å²) in [5.74, 6) is 0.213. The molecule has 144 valence electrons. The zero-order chi connectivity index (χ0) is 19.9. The number of benzene rings is 2. The lowest BCUT2D eigenvalue weighted by Crippen LogP contribution is -2.48. The highest BCUT2D eigenvalue weighted by Gasteiger charge is 2.35. The van der Waals surface area contributed by atoms with Crippen molar-refractivity contribution in [2.75, 3.05) is 13.7 Å². The average molecular weight is 368 g/mol. The lowest BCUT2D eigenvalue weighted by Gasteiger charge is -2.23. The van der Waals surface area contributed by atoms with E-state index in [9.17, 15) is 9.59 Å². The van der Waals surface area contributed by atoms with Crippen LogP contribution in [0.1, 0.15) is 30.5 Å². The van der Waals surface area contributed by atoms with E-state index in [1.807, 2.05) is 55.5 Å². The number of carbonyl (C=O) groups excluding carboxylic acids is 2. The highest BCUT2D eigenvalue weighted by molar-refractivity contribution is 6.04. The van der Waals surface area contributed by atoms with Crippen LogP contribution < -0.4 is 15.4 Å². The number of hydrogen-bond donors (Lipinski definition) is 2. The van der Waals surface area contributed by atoms with Crippen LogP contribution in [0.4, 0.5) is 0 Å². The van der Waals surface area contributed by atoms with Gasteiger partial charge in [-0.3, -0.25) is 9.59 Å². The SMILES string of the molecule is COc1cccc(CCNC(=O)C(C)(C)C(=O)NCc2cccc(C)c2)c1. The number of rotatable bonds is 8. The highest BCUT2D eigenvalue weighted by atomic mass is 16.5. The standard InChI is InChI=1S/C22H28N2O3/c1-16-7-5-9-18(13-16)15-24-21(26)22(2,3)20(25)23-12-11-17-8-6-10-19(14-17)27-4/h5-10,13-14H,11-12,15H2,1-4H3,(H,23,25)(H,24,26). The van der Waals surface area contributed by atoms with Gasteiger partial charge in [0, 0.05) is 13.1 Å². The molecule has 2 aromatic carbocycles. The molecule has 5 heteroatoms. The normalized spacial score (nSPS) is 11.0. The molecule has 0 atom stereocenters. The van der Waals surface area contributed by atoms with Crippen molar-refractivity contribution in [3.8, 4) is 5.75 Å². The molecule has 0 aliphatic heterocycles. The molecule has 0 unspecified atom stereocenters. The fourth-order valence-corrected chi connectivity index (χ4v) is 2.70. The van der Waals surface area contributed by atoms with Crippen molar-refractivity contribution in [2.45, 2.75) is 33.7 Å². The molecule has 0 aromatic heterocycles. The molecule has 0 heterocycles. The summed E-state index contributed by atoms with van der Waals surface area (Å²) < 4.78 is 5.20. The Hall–Kier alpha value is -2.82. The number of nitrogens with one attached hydrogen (secondary N) is 2. The zero-order valence-corrected chi connectivity index (χ0v) is 16.5. The molecule has 0 bridgehead atoms. The molecule has 0 spiro atoms. The zero-order valence-electron chi connectivity index (χ0n) is 16.5. The van der Waals surface area contributed by atoms with Gasteiger partial charge in [0.1, 0.15) is 11.2 Å². The maximum Gasteiger partial charge on any atom is 0.235 e. The molecule has 2 N–H and O–H groups in total. The van der Waals surface area contributed by atoms with Gasteiger partial charge in [-0.05, 0) is 50.5 Å². The van der Waals surface area contributed by atoms with Gasteiger partial charge in [0.2, 0.25) is 11.8 Å². The van der Waals surface area contributed by atoms with Gasteiger partial charge in [-0.25, -0.2) is 0 Å². The second kappa shape index (κ2) is 9.21. The van der Waals surface area contributed by atoms with Gasteiger partial charge < -0.3 is 15.4 Å². The maximum absolute atomic E-state index is 12.5. The molecule has 27 heavy (non-hydrogen) atoms. The molecule has 0 radical (unpaired) electrons. The summed E-state index contributed by atoms with van der Waals surface area (Å²) in [6.07, 6.45) is 0.671. The summed E-state index contributed by atoms with van der Waals surface area (Å²) in [6.45, 7) is 6.14. The Morgan fingerprint density at radius 2 is 1.63 bits per heavy atom. The number of hydrogen-bond acceptors (Lipinski definition) is 3. The van der Waals surface area contributed by atoms with Crippen LogP contribution in [-0.2, 0) is 22.6 Å². The number of aryl methyl sites for hydroxylation is 1. The molecular weight excluding hydrogens is 340 g/mol. The topological polar surface area (TPSA) is 67.4 Å². The number of carbonyl (C=O) groups is 2.